The van der Waals surface area contributed by atoms with E-state index in [-0.39, 0.29) is 42.5 Å². The van der Waals surface area contributed by atoms with E-state index in [0.717, 1.165) is 41.2 Å². The van der Waals surface area contributed by atoms with E-state index in [1.165, 1.54) is 0 Å². The third-order valence-electron chi connectivity index (χ3n) is 8.00. The Kier molecular flexibility index (Phi) is 9.45. The highest BCUT2D eigenvalue weighted by Gasteiger charge is 2.25. The highest BCUT2D eigenvalue weighted by molar-refractivity contribution is 6.00. The summed E-state index contributed by atoms with van der Waals surface area (Å²) in [4.78, 5) is 42.9. The normalized spacial score (nSPS) is 15.5. The summed E-state index contributed by atoms with van der Waals surface area (Å²) in [6.45, 7) is 4.20. The number of rotatable bonds is 9. The molecule has 0 unspecified atom stereocenters. The lowest BCUT2D eigenvalue weighted by Crippen LogP contribution is -2.42. The van der Waals surface area contributed by atoms with Crippen LogP contribution in [0.25, 0.3) is 11.3 Å². The van der Waals surface area contributed by atoms with Crippen molar-refractivity contribution in [1.29, 1.82) is 0 Å². The van der Waals surface area contributed by atoms with Gasteiger partial charge in [-0.3, -0.25) is 9.78 Å². The SMILES string of the molecule is Nc1ncc(-c2ccc(OC3CCN(C(=O)OCc4ccccc4)CC3)cc2)nc1C(=O)Cc1cnccc1N1CCOCC1. The average molecular weight is 609 g/mol. The van der Waals surface area contributed by atoms with Crippen LogP contribution >= 0.6 is 0 Å². The molecule has 2 saturated heterocycles. The zero-order valence-corrected chi connectivity index (χ0v) is 25.0. The van der Waals surface area contributed by atoms with Crippen LogP contribution in [0.1, 0.15) is 34.5 Å². The fourth-order valence-electron chi connectivity index (χ4n) is 5.53. The molecular formula is C34H36N6O5. The van der Waals surface area contributed by atoms with E-state index < -0.39 is 0 Å². The molecule has 2 aliphatic rings. The average Bonchev–Trinajstić information content (AvgIpc) is 3.09. The Balaban J connectivity index is 1.04. The van der Waals surface area contributed by atoms with Gasteiger partial charge in [-0.15, -0.1) is 0 Å². The molecule has 0 aliphatic carbocycles. The van der Waals surface area contributed by atoms with E-state index in [0.29, 0.717) is 44.8 Å². The minimum atomic E-state index is -0.304. The number of morpholine rings is 1. The number of nitrogens with two attached hydrogens (primary N) is 1. The Morgan fingerprint density at radius 1 is 0.933 bits per heavy atom. The number of benzene rings is 2. The molecule has 45 heavy (non-hydrogen) atoms. The van der Waals surface area contributed by atoms with Crippen molar-refractivity contribution in [2.45, 2.75) is 32.0 Å². The van der Waals surface area contributed by atoms with Crippen molar-refractivity contribution >= 4 is 23.4 Å². The molecule has 2 aliphatic heterocycles. The number of carbonyl (C=O) groups is 2. The molecule has 0 bridgehead atoms. The monoisotopic (exact) mass is 608 g/mol. The van der Waals surface area contributed by atoms with E-state index in [1.54, 1.807) is 23.5 Å². The molecule has 0 spiro atoms. The van der Waals surface area contributed by atoms with Gasteiger partial charge in [0.25, 0.3) is 0 Å². The van der Waals surface area contributed by atoms with Crippen LogP contribution in [0, 0.1) is 0 Å². The van der Waals surface area contributed by atoms with E-state index in [2.05, 4.69) is 19.9 Å². The number of nitrogen functional groups attached to an aromatic ring is 1. The number of ketones is 1. The number of nitrogens with zero attached hydrogens (tertiary/aromatic N) is 5. The Bertz CT molecular complexity index is 1600. The minimum absolute atomic E-state index is 0.00982. The Morgan fingerprint density at radius 3 is 2.44 bits per heavy atom. The molecule has 4 aromatic rings. The lowest BCUT2D eigenvalue weighted by atomic mass is 10.1. The Hall–Kier alpha value is -5.03. The van der Waals surface area contributed by atoms with Crippen LogP contribution in [0.15, 0.2) is 79.3 Å². The summed E-state index contributed by atoms with van der Waals surface area (Å²) < 4.78 is 17.1. The molecule has 11 heteroatoms. The molecule has 2 aromatic carbocycles. The van der Waals surface area contributed by atoms with Gasteiger partial charge in [-0.05, 0) is 35.9 Å². The molecule has 1 amide bonds. The van der Waals surface area contributed by atoms with Crippen molar-refractivity contribution in [1.82, 2.24) is 19.9 Å². The van der Waals surface area contributed by atoms with Gasteiger partial charge in [0.1, 0.15) is 24.2 Å². The zero-order chi connectivity index (χ0) is 31.0. The van der Waals surface area contributed by atoms with Gasteiger partial charge in [0.05, 0.1) is 25.1 Å². The van der Waals surface area contributed by atoms with Crippen molar-refractivity contribution in [3.05, 3.63) is 96.1 Å². The Labute approximate surface area is 262 Å². The van der Waals surface area contributed by atoms with Crippen LogP contribution in [0.3, 0.4) is 0 Å². The van der Waals surface area contributed by atoms with Crippen molar-refractivity contribution < 1.29 is 23.8 Å². The van der Waals surface area contributed by atoms with Crippen LogP contribution < -0.4 is 15.4 Å². The van der Waals surface area contributed by atoms with Gasteiger partial charge in [-0.2, -0.15) is 0 Å². The first kappa shape index (κ1) is 30.0. The fourth-order valence-corrected chi connectivity index (χ4v) is 5.53. The van der Waals surface area contributed by atoms with E-state index >= 15 is 0 Å². The molecule has 6 rings (SSSR count). The third-order valence-corrected chi connectivity index (χ3v) is 8.00. The lowest BCUT2D eigenvalue weighted by Gasteiger charge is -2.31. The number of piperidine rings is 1. The second-order valence-electron chi connectivity index (χ2n) is 11.1. The number of hydrogen-bond acceptors (Lipinski definition) is 10. The molecule has 2 N–H and O–H groups in total. The Morgan fingerprint density at radius 2 is 1.69 bits per heavy atom. The fraction of sp³-hybridized carbons (Fsp3) is 0.324. The summed E-state index contributed by atoms with van der Waals surface area (Å²) in [6, 6.07) is 19.1. The van der Waals surface area contributed by atoms with E-state index in [1.807, 2.05) is 60.7 Å². The van der Waals surface area contributed by atoms with Crippen molar-refractivity contribution in [2.75, 3.05) is 50.0 Å². The van der Waals surface area contributed by atoms with E-state index in [9.17, 15) is 9.59 Å². The highest BCUT2D eigenvalue weighted by Crippen LogP contribution is 2.26. The van der Waals surface area contributed by atoms with E-state index in [4.69, 9.17) is 19.9 Å². The zero-order valence-electron chi connectivity index (χ0n) is 25.0. The summed E-state index contributed by atoms with van der Waals surface area (Å²) in [5.41, 5.74) is 10.3. The molecule has 0 radical (unpaired) electrons. The van der Waals surface area contributed by atoms with Crippen molar-refractivity contribution in [3.63, 3.8) is 0 Å². The molecular weight excluding hydrogens is 572 g/mol. The predicted molar refractivity (Wildman–Crippen MR) is 169 cm³/mol. The van der Waals surface area contributed by atoms with Crippen LogP contribution in [0.4, 0.5) is 16.3 Å². The first-order valence-corrected chi connectivity index (χ1v) is 15.2. The summed E-state index contributed by atoms with van der Waals surface area (Å²) in [7, 11) is 0. The number of anilines is 2. The van der Waals surface area contributed by atoms with Gasteiger partial charge < -0.3 is 29.7 Å². The van der Waals surface area contributed by atoms with Crippen LogP contribution in [-0.4, -0.2) is 77.2 Å². The summed E-state index contributed by atoms with van der Waals surface area (Å²) in [6.07, 6.45) is 6.23. The molecule has 0 saturated carbocycles. The minimum Gasteiger partial charge on any atom is -0.490 e. The number of carbonyl (C=O) groups excluding carboxylic acids is 2. The quantitative estimate of drug-likeness (QED) is 0.270. The van der Waals surface area contributed by atoms with Crippen LogP contribution in [-0.2, 0) is 22.5 Å². The van der Waals surface area contributed by atoms with Gasteiger partial charge in [0.2, 0.25) is 0 Å². The standard InChI is InChI=1S/C34H36N6O5/c35-33-32(31(41)20-26-21-36-13-10-30(26)39-16-18-43-19-17-39)38-29(22-37-33)25-6-8-27(9-7-25)45-28-11-14-40(15-12-28)34(42)44-23-24-4-2-1-3-5-24/h1-10,13,21-22,28H,11-12,14-20,23H2,(H2,35,37). The van der Waals surface area contributed by atoms with Crippen LogP contribution in [0.2, 0.25) is 0 Å². The second kappa shape index (κ2) is 14.2. The number of amides is 1. The molecule has 11 nitrogen and oxygen atoms in total. The maximum absolute atomic E-state index is 13.4. The third kappa shape index (κ3) is 7.55. The summed E-state index contributed by atoms with van der Waals surface area (Å²) >= 11 is 0. The molecule has 2 fully saturated rings. The smallest absolute Gasteiger partial charge is 0.410 e. The molecule has 2 aromatic heterocycles. The maximum Gasteiger partial charge on any atom is 0.410 e. The maximum atomic E-state index is 13.4. The van der Waals surface area contributed by atoms with Crippen LogP contribution in [0.5, 0.6) is 5.75 Å². The molecule has 232 valence electrons. The topological polar surface area (TPSA) is 133 Å². The number of pyridine rings is 1. The number of aromatic nitrogens is 3. The van der Waals surface area contributed by atoms with Crippen molar-refractivity contribution in [2.24, 2.45) is 0 Å². The number of likely N-dealkylation sites (tertiary alicyclic amines) is 1. The number of ether oxygens (including phenoxy) is 3. The largest absolute Gasteiger partial charge is 0.490 e. The first-order chi connectivity index (χ1) is 22.0. The number of Topliss-reactive ketones (excluding diaryl/α,β-unsaturated/α-hetero) is 1. The number of hydrogen-bond donors (Lipinski definition) is 1. The van der Waals surface area contributed by atoms with Crippen molar-refractivity contribution in [3.8, 4) is 17.0 Å². The van der Waals surface area contributed by atoms with Gasteiger partial charge in [-0.1, -0.05) is 30.3 Å². The van der Waals surface area contributed by atoms with Gasteiger partial charge in [0.15, 0.2) is 11.6 Å². The van der Waals surface area contributed by atoms with Gasteiger partial charge in [-0.25, -0.2) is 14.8 Å². The highest BCUT2D eigenvalue weighted by atomic mass is 16.6. The molecule has 0 atom stereocenters. The lowest BCUT2D eigenvalue weighted by molar-refractivity contribution is 0.0638. The van der Waals surface area contributed by atoms with Gasteiger partial charge >= 0.3 is 6.09 Å². The van der Waals surface area contributed by atoms with Gasteiger partial charge in [0, 0.05) is 74.6 Å². The first-order valence-electron chi connectivity index (χ1n) is 15.2. The second-order valence-corrected chi connectivity index (χ2v) is 11.1. The summed E-state index contributed by atoms with van der Waals surface area (Å²) in [5, 5.41) is 0. The summed E-state index contributed by atoms with van der Waals surface area (Å²) in [5.74, 6) is 0.589. The molecule has 4 heterocycles. The predicted octanol–water partition coefficient (Wildman–Crippen LogP) is 4.56.